The number of thioether (sulfide) groups is 1. The molecule has 1 aromatic heterocycles. The van der Waals surface area contributed by atoms with Crippen molar-refractivity contribution in [3.63, 3.8) is 0 Å². The molecule has 0 radical (unpaired) electrons. The SMILES string of the molecule is CCCn1c(SC(C)C(=O)NC2(C#N)CCCCC2)nnc1-c1cccc(C)c1. The predicted octanol–water partition coefficient (Wildman–Crippen LogP) is 4.49. The van der Waals surface area contributed by atoms with Gasteiger partial charge in [0, 0.05) is 12.1 Å². The molecule has 3 rings (SSSR count). The molecule has 1 aliphatic rings. The van der Waals surface area contributed by atoms with Crippen LogP contribution in [0, 0.1) is 18.3 Å². The van der Waals surface area contributed by atoms with Crippen LogP contribution in [-0.2, 0) is 11.3 Å². The normalized spacial score (nSPS) is 16.8. The minimum atomic E-state index is -0.714. The Labute approximate surface area is 177 Å². The lowest BCUT2D eigenvalue weighted by Gasteiger charge is -2.32. The molecule has 6 nitrogen and oxygen atoms in total. The van der Waals surface area contributed by atoms with Crippen molar-refractivity contribution in [3.05, 3.63) is 29.8 Å². The molecule has 154 valence electrons. The van der Waals surface area contributed by atoms with Crippen LogP contribution in [0.25, 0.3) is 11.4 Å². The molecule has 1 unspecified atom stereocenters. The molecule has 1 N–H and O–H groups in total. The number of carbonyl (C=O) groups excluding carboxylic acids is 1. The monoisotopic (exact) mass is 411 g/mol. The number of amides is 1. The lowest BCUT2D eigenvalue weighted by Crippen LogP contribution is -2.51. The van der Waals surface area contributed by atoms with E-state index in [-0.39, 0.29) is 11.2 Å². The van der Waals surface area contributed by atoms with Gasteiger partial charge in [-0.1, -0.05) is 61.7 Å². The van der Waals surface area contributed by atoms with Crippen molar-refractivity contribution in [3.8, 4) is 17.5 Å². The van der Waals surface area contributed by atoms with Crippen molar-refractivity contribution < 1.29 is 4.79 Å². The summed E-state index contributed by atoms with van der Waals surface area (Å²) >= 11 is 1.40. The van der Waals surface area contributed by atoms with Crippen LogP contribution >= 0.6 is 11.8 Å². The molecule has 0 bridgehead atoms. The van der Waals surface area contributed by atoms with E-state index < -0.39 is 5.54 Å². The summed E-state index contributed by atoms with van der Waals surface area (Å²) in [7, 11) is 0. The van der Waals surface area contributed by atoms with Crippen molar-refractivity contribution in [2.24, 2.45) is 0 Å². The van der Waals surface area contributed by atoms with Crippen LogP contribution in [0.2, 0.25) is 0 Å². The van der Waals surface area contributed by atoms with E-state index in [9.17, 15) is 10.1 Å². The summed E-state index contributed by atoms with van der Waals surface area (Å²) in [5.74, 6) is 0.716. The average molecular weight is 412 g/mol. The Bertz CT molecular complexity index is 895. The van der Waals surface area contributed by atoms with Gasteiger partial charge in [0.1, 0.15) is 5.54 Å². The highest BCUT2D eigenvalue weighted by atomic mass is 32.2. The number of aryl methyl sites for hydroxylation is 1. The number of aromatic nitrogens is 3. The number of nitrogens with zero attached hydrogens (tertiary/aromatic N) is 4. The van der Waals surface area contributed by atoms with E-state index in [2.05, 4.69) is 52.1 Å². The fourth-order valence-electron chi connectivity index (χ4n) is 3.77. The Hall–Kier alpha value is -2.33. The molecule has 1 atom stereocenters. The van der Waals surface area contributed by atoms with Gasteiger partial charge in [0.15, 0.2) is 11.0 Å². The van der Waals surface area contributed by atoms with Gasteiger partial charge in [0.25, 0.3) is 0 Å². The third-order valence-corrected chi connectivity index (χ3v) is 6.46. The van der Waals surface area contributed by atoms with E-state index in [1.54, 1.807) is 0 Å². The molecule has 1 heterocycles. The summed E-state index contributed by atoms with van der Waals surface area (Å²) in [5, 5.41) is 21.8. The summed E-state index contributed by atoms with van der Waals surface area (Å²) in [5.41, 5.74) is 1.49. The van der Waals surface area contributed by atoms with Crippen molar-refractivity contribution >= 4 is 17.7 Å². The van der Waals surface area contributed by atoms with E-state index in [1.807, 2.05) is 19.1 Å². The Balaban J connectivity index is 1.77. The largest absolute Gasteiger partial charge is 0.337 e. The molecule has 2 aromatic rings. The molecule has 0 spiro atoms. The first-order valence-corrected chi connectivity index (χ1v) is 11.3. The summed E-state index contributed by atoms with van der Waals surface area (Å²) in [6, 6.07) is 10.6. The Morgan fingerprint density at radius 2 is 2.10 bits per heavy atom. The van der Waals surface area contributed by atoms with Crippen LogP contribution in [0.5, 0.6) is 0 Å². The minimum absolute atomic E-state index is 0.110. The molecule has 1 aliphatic carbocycles. The smallest absolute Gasteiger partial charge is 0.234 e. The van der Waals surface area contributed by atoms with Gasteiger partial charge in [-0.05, 0) is 39.2 Å². The number of nitrogens with one attached hydrogen (secondary N) is 1. The molecule has 0 aliphatic heterocycles. The van der Waals surface area contributed by atoms with Gasteiger partial charge < -0.3 is 9.88 Å². The van der Waals surface area contributed by atoms with Crippen molar-refractivity contribution in [1.29, 1.82) is 5.26 Å². The summed E-state index contributed by atoms with van der Waals surface area (Å²) in [4.78, 5) is 12.8. The summed E-state index contributed by atoms with van der Waals surface area (Å²) in [6.45, 7) is 6.83. The quantitative estimate of drug-likeness (QED) is 0.679. The second-order valence-electron chi connectivity index (χ2n) is 7.83. The summed E-state index contributed by atoms with van der Waals surface area (Å²) in [6.07, 6.45) is 5.51. The van der Waals surface area contributed by atoms with E-state index >= 15 is 0 Å². The first-order chi connectivity index (χ1) is 14.0. The molecule has 7 heteroatoms. The van der Waals surface area contributed by atoms with Gasteiger partial charge >= 0.3 is 0 Å². The van der Waals surface area contributed by atoms with Crippen molar-refractivity contribution in [2.45, 2.75) is 81.8 Å². The number of hydrogen-bond donors (Lipinski definition) is 1. The van der Waals surface area contributed by atoms with Crippen LogP contribution in [0.4, 0.5) is 0 Å². The van der Waals surface area contributed by atoms with Crippen LogP contribution in [0.1, 0.15) is 57.9 Å². The molecule has 1 aromatic carbocycles. The van der Waals surface area contributed by atoms with Crippen LogP contribution in [0.15, 0.2) is 29.4 Å². The zero-order valence-electron chi connectivity index (χ0n) is 17.4. The fourth-order valence-corrected chi connectivity index (χ4v) is 4.64. The Kier molecular flexibility index (Phi) is 6.96. The van der Waals surface area contributed by atoms with Gasteiger partial charge in [0.05, 0.1) is 11.3 Å². The Morgan fingerprint density at radius 1 is 1.34 bits per heavy atom. The average Bonchev–Trinajstić information content (AvgIpc) is 3.11. The molecular weight excluding hydrogens is 382 g/mol. The van der Waals surface area contributed by atoms with Crippen molar-refractivity contribution in [1.82, 2.24) is 20.1 Å². The lowest BCUT2D eigenvalue weighted by molar-refractivity contribution is -0.121. The van der Waals surface area contributed by atoms with Crippen LogP contribution in [-0.4, -0.2) is 31.5 Å². The molecule has 1 saturated carbocycles. The van der Waals surface area contributed by atoms with Gasteiger partial charge in [0.2, 0.25) is 5.91 Å². The molecule has 1 fully saturated rings. The molecule has 0 saturated heterocycles. The number of rotatable bonds is 7. The van der Waals surface area contributed by atoms with E-state index in [0.29, 0.717) is 0 Å². The van der Waals surface area contributed by atoms with Gasteiger partial charge in [-0.15, -0.1) is 10.2 Å². The minimum Gasteiger partial charge on any atom is -0.337 e. The van der Waals surface area contributed by atoms with E-state index in [0.717, 1.165) is 61.6 Å². The molecule has 29 heavy (non-hydrogen) atoms. The maximum absolute atomic E-state index is 12.8. The first-order valence-electron chi connectivity index (χ1n) is 10.4. The number of hydrogen-bond acceptors (Lipinski definition) is 5. The highest BCUT2D eigenvalue weighted by Crippen LogP contribution is 2.30. The lowest BCUT2D eigenvalue weighted by atomic mass is 9.83. The standard InChI is InChI=1S/C22H29N5OS/c1-4-13-27-19(18-10-8-9-16(2)14-18)25-26-21(27)29-17(3)20(28)24-22(15-23)11-6-5-7-12-22/h8-10,14,17H,4-7,11-13H2,1-3H3,(H,24,28). The summed E-state index contributed by atoms with van der Waals surface area (Å²) < 4.78 is 2.09. The fraction of sp³-hybridized carbons (Fsp3) is 0.545. The number of nitriles is 1. The Morgan fingerprint density at radius 3 is 2.76 bits per heavy atom. The first kappa shape index (κ1) is 21.4. The molecular formula is C22H29N5OS. The highest BCUT2D eigenvalue weighted by molar-refractivity contribution is 8.00. The van der Waals surface area contributed by atoms with Crippen LogP contribution in [0.3, 0.4) is 0 Å². The zero-order chi connectivity index (χ0) is 20.9. The maximum Gasteiger partial charge on any atom is 0.234 e. The second kappa shape index (κ2) is 9.45. The van der Waals surface area contributed by atoms with Crippen molar-refractivity contribution in [2.75, 3.05) is 0 Å². The van der Waals surface area contributed by atoms with Gasteiger partial charge in [-0.25, -0.2) is 0 Å². The van der Waals surface area contributed by atoms with E-state index in [1.165, 1.54) is 17.3 Å². The zero-order valence-corrected chi connectivity index (χ0v) is 18.3. The third-order valence-electron chi connectivity index (χ3n) is 5.38. The second-order valence-corrected chi connectivity index (χ2v) is 9.14. The van der Waals surface area contributed by atoms with Gasteiger partial charge in [-0.2, -0.15) is 5.26 Å². The topological polar surface area (TPSA) is 83.6 Å². The van der Waals surface area contributed by atoms with Crippen LogP contribution < -0.4 is 5.32 Å². The van der Waals surface area contributed by atoms with Gasteiger partial charge in [-0.3, -0.25) is 4.79 Å². The number of benzene rings is 1. The third kappa shape index (κ3) is 4.99. The molecule has 1 amide bonds. The highest BCUT2D eigenvalue weighted by Gasteiger charge is 2.35. The van der Waals surface area contributed by atoms with E-state index in [4.69, 9.17) is 0 Å². The maximum atomic E-state index is 12.8. The predicted molar refractivity (Wildman–Crippen MR) is 115 cm³/mol. The number of carbonyl (C=O) groups is 1.